The smallest absolute Gasteiger partial charge is 0.0454 e. The molecule has 1 aliphatic heterocycles. The van der Waals surface area contributed by atoms with Gasteiger partial charge in [-0.25, -0.2) is 0 Å². The van der Waals surface area contributed by atoms with Gasteiger partial charge in [0.05, 0.1) is 0 Å². The molecular formula is C13H19ClN2. The largest absolute Gasteiger partial charge is 0.326 e. The number of hydrogen-bond acceptors (Lipinski definition) is 2. The molecule has 1 saturated heterocycles. The molecule has 3 heteroatoms. The first-order valence-corrected chi connectivity index (χ1v) is 6.26. The van der Waals surface area contributed by atoms with Crippen LogP contribution in [0.5, 0.6) is 0 Å². The van der Waals surface area contributed by atoms with E-state index in [4.69, 9.17) is 17.3 Å². The molecule has 1 atom stereocenters. The topological polar surface area (TPSA) is 29.3 Å². The maximum absolute atomic E-state index is 6.24. The molecule has 1 fully saturated rings. The summed E-state index contributed by atoms with van der Waals surface area (Å²) in [5.41, 5.74) is 7.90. The molecule has 0 amide bonds. The summed E-state index contributed by atoms with van der Waals surface area (Å²) >= 11 is 6.24. The Hall–Kier alpha value is -0.570. The van der Waals surface area contributed by atoms with Crippen LogP contribution in [0.4, 0.5) is 0 Å². The zero-order valence-corrected chi connectivity index (χ0v) is 10.5. The first kappa shape index (κ1) is 11.9. The molecule has 0 aliphatic carbocycles. The molecule has 1 aromatic rings. The van der Waals surface area contributed by atoms with Crippen molar-refractivity contribution in [2.75, 3.05) is 13.1 Å². The minimum absolute atomic E-state index is 0.556. The van der Waals surface area contributed by atoms with E-state index >= 15 is 0 Å². The minimum Gasteiger partial charge on any atom is -0.326 e. The predicted molar refractivity (Wildman–Crippen MR) is 68.4 cm³/mol. The lowest BCUT2D eigenvalue weighted by Gasteiger charge is -2.16. The van der Waals surface area contributed by atoms with Gasteiger partial charge < -0.3 is 5.73 Å². The summed E-state index contributed by atoms with van der Waals surface area (Å²) in [6.45, 7) is 6.21. The summed E-state index contributed by atoms with van der Waals surface area (Å²) in [6, 6.07) is 6.16. The van der Waals surface area contributed by atoms with Gasteiger partial charge in [-0.2, -0.15) is 0 Å². The molecule has 16 heavy (non-hydrogen) atoms. The van der Waals surface area contributed by atoms with Crippen molar-refractivity contribution in [1.82, 2.24) is 4.90 Å². The molecule has 2 nitrogen and oxygen atoms in total. The Kier molecular flexibility index (Phi) is 3.85. The Morgan fingerprint density at radius 1 is 1.50 bits per heavy atom. The second-order valence-electron chi connectivity index (χ2n) is 4.76. The van der Waals surface area contributed by atoms with Crippen molar-refractivity contribution in [3.63, 3.8) is 0 Å². The Morgan fingerprint density at radius 3 is 2.88 bits per heavy atom. The molecule has 1 unspecified atom stereocenters. The highest BCUT2D eigenvalue weighted by atomic mass is 35.5. The fraction of sp³-hybridized carbons (Fsp3) is 0.538. The number of nitrogens with zero attached hydrogens (tertiary/aromatic N) is 1. The van der Waals surface area contributed by atoms with Gasteiger partial charge in [0.2, 0.25) is 0 Å². The Labute approximate surface area is 102 Å². The molecule has 88 valence electrons. The zero-order valence-electron chi connectivity index (χ0n) is 9.75. The van der Waals surface area contributed by atoms with Crippen molar-refractivity contribution >= 4 is 11.6 Å². The van der Waals surface area contributed by atoms with Crippen molar-refractivity contribution in [2.45, 2.75) is 26.4 Å². The fourth-order valence-electron chi connectivity index (χ4n) is 2.26. The lowest BCUT2D eigenvalue weighted by molar-refractivity contribution is 0.320. The van der Waals surface area contributed by atoms with Gasteiger partial charge in [-0.3, -0.25) is 4.90 Å². The predicted octanol–water partition coefficient (Wildman–Crippen LogP) is 2.64. The maximum atomic E-state index is 6.24. The van der Waals surface area contributed by atoms with Gasteiger partial charge in [0.1, 0.15) is 0 Å². The summed E-state index contributed by atoms with van der Waals surface area (Å²) in [5, 5.41) is 0.850. The van der Waals surface area contributed by atoms with Crippen LogP contribution < -0.4 is 5.73 Å². The molecule has 0 aromatic heterocycles. The van der Waals surface area contributed by atoms with Crippen LogP contribution >= 0.6 is 11.6 Å². The molecule has 2 N–H and O–H groups in total. The van der Waals surface area contributed by atoms with E-state index in [1.807, 2.05) is 6.07 Å². The fourth-order valence-corrected chi connectivity index (χ4v) is 2.52. The summed E-state index contributed by atoms with van der Waals surface area (Å²) in [7, 11) is 0. The van der Waals surface area contributed by atoms with Gasteiger partial charge in [0.15, 0.2) is 0 Å². The number of hydrogen-bond donors (Lipinski definition) is 1. The van der Waals surface area contributed by atoms with Crippen LogP contribution in [0, 0.1) is 5.92 Å². The average molecular weight is 239 g/mol. The maximum Gasteiger partial charge on any atom is 0.0454 e. The first-order valence-electron chi connectivity index (χ1n) is 5.88. The van der Waals surface area contributed by atoms with Crippen molar-refractivity contribution in [3.05, 3.63) is 34.3 Å². The van der Waals surface area contributed by atoms with E-state index < -0.39 is 0 Å². The summed E-state index contributed by atoms with van der Waals surface area (Å²) in [6.07, 6.45) is 1.30. The average Bonchev–Trinajstić information content (AvgIpc) is 2.67. The van der Waals surface area contributed by atoms with E-state index in [2.05, 4.69) is 24.0 Å². The first-order chi connectivity index (χ1) is 7.69. The third-order valence-corrected chi connectivity index (χ3v) is 3.61. The Balaban J connectivity index is 2.04. The number of rotatable bonds is 3. The van der Waals surface area contributed by atoms with E-state index in [0.717, 1.165) is 23.0 Å². The molecular weight excluding hydrogens is 220 g/mol. The van der Waals surface area contributed by atoms with Gasteiger partial charge in [-0.1, -0.05) is 30.7 Å². The van der Waals surface area contributed by atoms with E-state index in [-0.39, 0.29) is 0 Å². The summed E-state index contributed by atoms with van der Waals surface area (Å²) in [5.74, 6) is 0.821. The molecule has 1 aliphatic rings. The summed E-state index contributed by atoms with van der Waals surface area (Å²) < 4.78 is 0. The number of benzene rings is 1. The van der Waals surface area contributed by atoms with Gasteiger partial charge >= 0.3 is 0 Å². The molecule has 2 rings (SSSR count). The molecule has 0 spiro atoms. The van der Waals surface area contributed by atoms with Gasteiger partial charge in [-0.15, -0.1) is 0 Å². The van der Waals surface area contributed by atoms with Crippen molar-refractivity contribution in [2.24, 2.45) is 11.7 Å². The number of halogens is 1. The third-order valence-electron chi connectivity index (χ3n) is 3.26. The second-order valence-corrected chi connectivity index (χ2v) is 5.17. The van der Waals surface area contributed by atoms with Gasteiger partial charge in [0.25, 0.3) is 0 Å². The van der Waals surface area contributed by atoms with Gasteiger partial charge in [-0.05, 0) is 36.1 Å². The number of likely N-dealkylation sites (tertiary alicyclic amines) is 1. The lowest BCUT2D eigenvalue weighted by Crippen LogP contribution is -2.19. The standard InChI is InChI=1S/C13H19ClN2/c1-10-4-5-16(8-10)9-12-3-2-11(7-15)6-13(12)14/h2-3,6,10H,4-5,7-9,15H2,1H3. The SMILES string of the molecule is CC1CCN(Cc2ccc(CN)cc2Cl)C1. The highest BCUT2D eigenvalue weighted by Gasteiger charge is 2.19. The summed E-state index contributed by atoms with van der Waals surface area (Å²) in [4.78, 5) is 2.47. The van der Waals surface area contributed by atoms with Crippen LogP contribution in [0.25, 0.3) is 0 Å². The molecule has 0 radical (unpaired) electrons. The van der Waals surface area contributed by atoms with E-state index in [9.17, 15) is 0 Å². The van der Waals surface area contributed by atoms with Crippen molar-refractivity contribution < 1.29 is 0 Å². The monoisotopic (exact) mass is 238 g/mol. The molecule has 1 aromatic carbocycles. The van der Waals surface area contributed by atoms with E-state index in [0.29, 0.717) is 6.54 Å². The number of nitrogens with two attached hydrogens (primary N) is 1. The van der Waals surface area contributed by atoms with Crippen molar-refractivity contribution in [1.29, 1.82) is 0 Å². The minimum atomic E-state index is 0.556. The van der Waals surface area contributed by atoms with Gasteiger partial charge in [0, 0.05) is 24.7 Å². The quantitative estimate of drug-likeness (QED) is 0.877. The Morgan fingerprint density at radius 2 is 2.31 bits per heavy atom. The normalized spacial score (nSPS) is 21.6. The van der Waals surface area contributed by atoms with Crippen molar-refractivity contribution in [3.8, 4) is 0 Å². The third kappa shape index (κ3) is 2.76. The highest BCUT2D eigenvalue weighted by Crippen LogP contribution is 2.23. The highest BCUT2D eigenvalue weighted by molar-refractivity contribution is 6.31. The van der Waals surface area contributed by atoms with Crippen LogP contribution in [0.2, 0.25) is 5.02 Å². The zero-order chi connectivity index (χ0) is 11.5. The lowest BCUT2D eigenvalue weighted by atomic mass is 10.1. The van der Waals surface area contributed by atoms with E-state index in [1.54, 1.807) is 0 Å². The van der Waals surface area contributed by atoms with Crippen LogP contribution in [0.3, 0.4) is 0 Å². The molecule has 0 saturated carbocycles. The molecule has 0 bridgehead atoms. The van der Waals surface area contributed by atoms with Crippen LogP contribution in [-0.2, 0) is 13.1 Å². The van der Waals surface area contributed by atoms with Crippen LogP contribution in [0.15, 0.2) is 18.2 Å². The molecule has 1 heterocycles. The van der Waals surface area contributed by atoms with Crippen LogP contribution in [0.1, 0.15) is 24.5 Å². The Bertz CT molecular complexity index is 365. The second kappa shape index (κ2) is 5.17. The van der Waals surface area contributed by atoms with E-state index in [1.165, 1.54) is 25.1 Å². The van der Waals surface area contributed by atoms with Crippen LogP contribution in [-0.4, -0.2) is 18.0 Å².